The number of amidine groups is 1. The number of fused-ring (bicyclic) bond motifs is 2. The van der Waals surface area contributed by atoms with Gasteiger partial charge in [0.1, 0.15) is 13.2 Å². The summed E-state index contributed by atoms with van der Waals surface area (Å²) in [5, 5.41) is 0.440. The van der Waals surface area contributed by atoms with Gasteiger partial charge in [-0.15, -0.1) is 0 Å². The van der Waals surface area contributed by atoms with Crippen molar-refractivity contribution in [1.82, 2.24) is 0 Å². The Hall–Kier alpha value is -1.74. The number of hydrogen-bond donors (Lipinski definition) is 0. The second-order valence-electron chi connectivity index (χ2n) is 8.52. The third-order valence-corrected chi connectivity index (χ3v) is 7.98. The van der Waals surface area contributed by atoms with Crippen LogP contribution in [0.5, 0.6) is 11.5 Å². The zero-order valence-corrected chi connectivity index (χ0v) is 17.8. The minimum atomic E-state index is -3.10. The molecule has 0 unspecified atom stereocenters. The Kier molecular flexibility index (Phi) is 4.86. The molecule has 1 amide bonds. The molecule has 0 spiro atoms. The molecule has 0 aliphatic carbocycles. The van der Waals surface area contributed by atoms with Crippen molar-refractivity contribution in [3.05, 3.63) is 18.2 Å². The smallest absolute Gasteiger partial charge is 0.248 e. The van der Waals surface area contributed by atoms with Crippen molar-refractivity contribution in [2.75, 3.05) is 29.6 Å². The van der Waals surface area contributed by atoms with Crippen molar-refractivity contribution in [2.45, 2.75) is 38.5 Å². The van der Waals surface area contributed by atoms with Gasteiger partial charge < -0.3 is 14.4 Å². The lowest BCUT2D eigenvalue weighted by Crippen LogP contribution is -2.37. The van der Waals surface area contributed by atoms with Crippen LogP contribution in [0.2, 0.25) is 0 Å². The molecule has 2 atom stereocenters. The summed E-state index contributed by atoms with van der Waals surface area (Å²) in [6, 6.07) is 5.29. The summed E-state index contributed by atoms with van der Waals surface area (Å²) in [4.78, 5) is 18.7. The van der Waals surface area contributed by atoms with Crippen LogP contribution in [0.1, 0.15) is 27.2 Å². The Bertz CT molecular complexity index is 936. The van der Waals surface area contributed by atoms with E-state index < -0.39 is 9.84 Å². The summed E-state index contributed by atoms with van der Waals surface area (Å²) in [5.41, 5.74) is 0.606. The third kappa shape index (κ3) is 4.00. The number of ether oxygens (including phenoxy) is 2. The average molecular weight is 425 g/mol. The van der Waals surface area contributed by atoms with E-state index in [1.807, 2.05) is 43.9 Å². The van der Waals surface area contributed by atoms with Crippen LogP contribution in [-0.4, -0.2) is 55.5 Å². The Balaban J connectivity index is 1.70. The number of sulfone groups is 1. The van der Waals surface area contributed by atoms with E-state index in [-0.39, 0.29) is 34.1 Å². The Morgan fingerprint density at radius 3 is 2.64 bits per heavy atom. The van der Waals surface area contributed by atoms with Crippen LogP contribution < -0.4 is 14.4 Å². The van der Waals surface area contributed by atoms with Crippen molar-refractivity contribution in [3.8, 4) is 11.5 Å². The number of aliphatic imine (C=N–C) groups is 1. The quantitative estimate of drug-likeness (QED) is 0.721. The van der Waals surface area contributed by atoms with E-state index in [1.54, 1.807) is 0 Å². The van der Waals surface area contributed by atoms with Gasteiger partial charge in [-0.1, -0.05) is 32.5 Å². The molecule has 0 aromatic heterocycles. The average Bonchev–Trinajstić information content (AvgIpc) is 3.03. The second kappa shape index (κ2) is 6.95. The maximum absolute atomic E-state index is 12.5. The molecule has 3 heterocycles. The molecule has 0 saturated carbocycles. The number of anilines is 1. The van der Waals surface area contributed by atoms with E-state index in [9.17, 15) is 13.2 Å². The molecule has 2 fully saturated rings. The van der Waals surface area contributed by atoms with Gasteiger partial charge in [-0.3, -0.25) is 4.79 Å². The van der Waals surface area contributed by atoms with Gasteiger partial charge in [0.25, 0.3) is 0 Å². The SMILES string of the molecule is CC(C)(C)CC(=O)N=C1S[C@H]2CS(=O)(=O)C[C@H]2N1c1ccc2c(c1)OCCO2. The minimum absolute atomic E-state index is 0.0611. The highest BCUT2D eigenvalue weighted by Crippen LogP contribution is 2.43. The lowest BCUT2D eigenvalue weighted by Gasteiger charge is -2.27. The third-order valence-electron chi connectivity index (χ3n) is 4.77. The largest absolute Gasteiger partial charge is 0.486 e. The molecule has 0 N–H and O–H groups in total. The van der Waals surface area contributed by atoms with Gasteiger partial charge in [-0.25, -0.2) is 8.42 Å². The van der Waals surface area contributed by atoms with Crippen molar-refractivity contribution in [1.29, 1.82) is 0 Å². The fourth-order valence-electron chi connectivity index (χ4n) is 3.65. The molecular weight excluding hydrogens is 400 g/mol. The van der Waals surface area contributed by atoms with Gasteiger partial charge in [-0.2, -0.15) is 4.99 Å². The highest BCUT2D eigenvalue weighted by molar-refractivity contribution is 8.16. The van der Waals surface area contributed by atoms with E-state index in [0.717, 1.165) is 5.69 Å². The summed E-state index contributed by atoms with van der Waals surface area (Å²) >= 11 is 1.38. The van der Waals surface area contributed by atoms with Crippen LogP contribution in [0.15, 0.2) is 23.2 Å². The summed E-state index contributed by atoms with van der Waals surface area (Å²) in [7, 11) is -3.10. The normalized spacial score (nSPS) is 27.1. The van der Waals surface area contributed by atoms with Gasteiger partial charge in [0.2, 0.25) is 5.91 Å². The van der Waals surface area contributed by atoms with Crippen LogP contribution in [0, 0.1) is 5.41 Å². The number of thioether (sulfide) groups is 1. The number of amides is 1. The molecule has 3 aliphatic heterocycles. The van der Waals surface area contributed by atoms with Crippen LogP contribution in [0.3, 0.4) is 0 Å². The maximum Gasteiger partial charge on any atom is 0.248 e. The molecule has 2 saturated heterocycles. The van der Waals surface area contributed by atoms with Gasteiger partial charge in [0.15, 0.2) is 26.5 Å². The molecule has 3 aliphatic rings. The van der Waals surface area contributed by atoms with Crippen LogP contribution >= 0.6 is 11.8 Å². The maximum atomic E-state index is 12.5. The lowest BCUT2D eigenvalue weighted by molar-refractivity contribution is -0.119. The monoisotopic (exact) mass is 424 g/mol. The van der Waals surface area contributed by atoms with E-state index in [0.29, 0.717) is 36.3 Å². The predicted octanol–water partition coefficient (Wildman–Crippen LogP) is 2.50. The highest BCUT2D eigenvalue weighted by Gasteiger charge is 2.49. The molecule has 9 heteroatoms. The Labute approximate surface area is 169 Å². The number of nitrogens with zero attached hydrogens (tertiary/aromatic N) is 2. The van der Waals surface area contributed by atoms with Gasteiger partial charge in [0, 0.05) is 23.4 Å². The van der Waals surface area contributed by atoms with Crippen LogP contribution in [0.25, 0.3) is 0 Å². The first kappa shape index (κ1) is 19.6. The zero-order chi connectivity index (χ0) is 20.1. The van der Waals surface area contributed by atoms with Gasteiger partial charge >= 0.3 is 0 Å². The molecule has 7 nitrogen and oxygen atoms in total. The first-order valence-corrected chi connectivity index (χ1v) is 12.0. The fraction of sp³-hybridized carbons (Fsp3) is 0.579. The Morgan fingerprint density at radius 2 is 1.93 bits per heavy atom. The number of carbonyl (C=O) groups excluding carboxylic acids is 1. The number of benzene rings is 1. The van der Waals surface area contributed by atoms with E-state index >= 15 is 0 Å². The summed E-state index contributed by atoms with van der Waals surface area (Å²) < 4.78 is 35.6. The number of rotatable bonds is 2. The molecule has 1 aromatic carbocycles. The number of hydrogen-bond acceptors (Lipinski definition) is 6. The molecule has 152 valence electrons. The van der Waals surface area contributed by atoms with E-state index in [2.05, 4.69) is 4.99 Å². The summed E-state index contributed by atoms with van der Waals surface area (Å²) in [6.45, 7) is 6.95. The van der Waals surface area contributed by atoms with Gasteiger partial charge in [0.05, 0.1) is 17.5 Å². The second-order valence-corrected chi connectivity index (χ2v) is 11.9. The topological polar surface area (TPSA) is 85.3 Å². The summed E-state index contributed by atoms with van der Waals surface area (Å²) in [6.07, 6.45) is 0.333. The molecule has 0 bridgehead atoms. The first-order chi connectivity index (χ1) is 13.1. The molecule has 4 rings (SSSR count). The van der Waals surface area contributed by atoms with Crippen molar-refractivity contribution >= 4 is 38.4 Å². The van der Waals surface area contributed by atoms with Crippen molar-refractivity contribution < 1.29 is 22.7 Å². The molecular formula is C19H24N2O5S2. The highest BCUT2D eigenvalue weighted by atomic mass is 32.2. The first-order valence-electron chi connectivity index (χ1n) is 9.29. The van der Waals surface area contributed by atoms with Crippen molar-refractivity contribution in [3.63, 3.8) is 0 Å². The van der Waals surface area contributed by atoms with Gasteiger partial charge in [-0.05, 0) is 17.5 Å². The standard InChI is InChI=1S/C19H24N2O5S2/c1-19(2,3)9-17(22)20-18-21(13-10-28(23,24)11-16(13)27-18)12-4-5-14-15(8-12)26-7-6-25-14/h4-5,8,13,16H,6-7,9-11H2,1-3H3/t13-,16+/m1/s1. The summed E-state index contributed by atoms with van der Waals surface area (Å²) in [5.74, 6) is 1.26. The lowest BCUT2D eigenvalue weighted by atomic mass is 9.92. The predicted molar refractivity (Wildman–Crippen MR) is 110 cm³/mol. The van der Waals surface area contributed by atoms with Crippen LogP contribution in [0.4, 0.5) is 5.69 Å². The molecule has 28 heavy (non-hydrogen) atoms. The van der Waals surface area contributed by atoms with Crippen molar-refractivity contribution in [2.24, 2.45) is 10.4 Å². The molecule has 1 aromatic rings. The minimum Gasteiger partial charge on any atom is -0.486 e. The van der Waals surface area contributed by atoms with E-state index in [4.69, 9.17) is 9.47 Å². The zero-order valence-electron chi connectivity index (χ0n) is 16.2. The molecule has 0 radical (unpaired) electrons. The van der Waals surface area contributed by atoms with Crippen LogP contribution in [-0.2, 0) is 14.6 Å². The number of carbonyl (C=O) groups is 1. The van der Waals surface area contributed by atoms with E-state index in [1.165, 1.54) is 11.8 Å². The fourth-order valence-corrected chi connectivity index (χ4v) is 7.58. The Morgan fingerprint density at radius 1 is 1.21 bits per heavy atom.